The van der Waals surface area contributed by atoms with E-state index in [1.807, 2.05) is 31.2 Å². The van der Waals surface area contributed by atoms with E-state index < -0.39 is 17.2 Å². The lowest BCUT2D eigenvalue weighted by molar-refractivity contribution is -0.116. The Hall–Kier alpha value is -2.48. The standard InChI is InChI=1S/C22H25NO6/c1-21(27-4)18-13(5-6-15(25-2)19(18)26-3)20(24)22(21)14-10-17-16(28-11-29-17)9-12(14)7-8-23-22/h5-6,9-10,20,23-24H,7-8,11H2,1-4H3/t20-,21+,22-/m0/s1. The number of aliphatic hydroxyl groups excluding tert-OH is 1. The number of ether oxygens (including phenoxy) is 5. The van der Waals surface area contributed by atoms with Crippen molar-refractivity contribution < 1.29 is 28.8 Å². The number of rotatable bonds is 3. The van der Waals surface area contributed by atoms with Gasteiger partial charge in [-0.2, -0.15) is 0 Å². The van der Waals surface area contributed by atoms with Crippen LogP contribution in [-0.2, 0) is 22.3 Å². The minimum absolute atomic E-state index is 0.202. The summed E-state index contributed by atoms with van der Waals surface area (Å²) in [5, 5.41) is 15.3. The summed E-state index contributed by atoms with van der Waals surface area (Å²) in [6.45, 7) is 2.88. The summed E-state index contributed by atoms with van der Waals surface area (Å²) in [5.74, 6) is 2.59. The first kappa shape index (κ1) is 18.5. The summed E-state index contributed by atoms with van der Waals surface area (Å²) >= 11 is 0. The van der Waals surface area contributed by atoms with Gasteiger partial charge in [-0.1, -0.05) is 6.07 Å². The molecular formula is C22H25NO6. The molecule has 2 aromatic rings. The van der Waals surface area contributed by atoms with Crippen LogP contribution in [0.15, 0.2) is 24.3 Å². The van der Waals surface area contributed by atoms with E-state index in [0.717, 1.165) is 34.4 Å². The van der Waals surface area contributed by atoms with Gasteiger partial charge in [-0.05, 0) is 48.2 Å². The smallest absolute Gasteiger partial charge is 0.231 e. The summed E-state index contributed by atoms with van der Waals surface area (Å²) < 4.78 is 28.7. The third-order valence-corrected chi connectivity index (χ3v) is 6.74. The highest BCUT2D eigenvalue weighted by Crippen LogP contribution is 2.63. The minimum Gasteiger partial charge on any atom is -0.493 e. The molecule has 0 unspecified atom stereocenters. The molecule has 0 fully saturated rings. The van der Waals surface area contributed by atoms with Crippen LogP contribution in [0.4, 0.5) is 0 Å². The number of hydrogen-bond donors (Lipinski definition) is 2. The first-order valence-corrected chi connectivity index (χ1v) is 9.68. The third-order valence-electron chi connectivity index (χ3n) is 6.74. The molecule has 0 saturated carbocycles. The van der Waals surface area contributed by atoms with Crippen LogP contribution >= 0.6 is 0 Å². The summed E-state index contributed by atoms with van der Waals surface area (Å²) in [4.78, 5) is 0. The monoisotopic (exact) mass is 399 g/mol. The summed E-state index contributed by atoms with van der Waals surface area (Å²) in [5.41, 5.74) is 1.75. The quantitative estimate of drug-likeness (QED) is 0.820. The first-order chi connectivity index (χ1) is 14.0. The van der Waals surface area contributed by atoms with Gasteiger partial charge < -0.3 is 34.1 Å². The van der Waals surface area contributed by atoms with Crippen molar-refractivity contribution in [3.05, 3.63) is 46.5 Å². The highest BCUT2D eigenvalue weighted by molar-refractivity contribution is 5.64. The molecule has 1 aliphatic carbocycles. The Balaban J connectivity index is 1.81. The van der Waals surface area contributed by atoms with E-state index >= 15 is 0 Å². The highest BCUT2D eigenvalue weighted by Gasteiger charge is 2.65. The summed E-state index contributed by atoms with van der Waals surface area (Å²) in [7, 11) is 4.86. The largest absolute Gasteiger partial charge is 0.493 e. The maximum Gasteiger partial charge on any atom is 0.231 e. The molecule has 0 aromatic heterocycles. The molecule has 1 spiro atoms. The highest BCUT2D eigenvalue weighted by atomic mass is 16.7. The van der Waals surface area contributed by atoms with Crippen molar-refractivity contribution >= 4 is 0 Å². The Labute approximate surface area is 169 Å². The molecule has 2 aromatic carbocycles. The number of benzene rings is 2. The van der Waals surface area contributed by atoms with Crippen LogP contribution < -0.4 is 24.3 Å². The summed E-state index contributed by atoms with van der Waals surface area (Å²) in [6.07, 6.45) is -0.0431. The van der Waals surface area contributed by atoms with Gasteiger partial charge in [0.2, 0.25) is 6.79 Å². The van der Waals surface area contributed by atoms with Gasteiger partial charge in [-0.15, -0.1) is 0 Å². The average molecular weight is 399 g/mol. The number of nitrogens with one attached hydrogen (secondary N) is 1. The second kappa shape index (κ2) is 6.26. The Morgan fingerprint density at radius 1 is 1.10 bits per heavy atom. The molecule has 5 rings (SSSR count). The van der Waals surface area contributed by atoms with Crippen LogP contribution in [0.25, 0.3) is 0 Å². The molecule has 2 aliphatic heterocycles. The van der Waals surface area contributed by atoms with Gasteiger partial charge in [0.15, 0.2) is 23.0 Å². The van der Waals surface area contributed by atoms with E-state index in [9.17, 15) is 5.11 Å². The Bertz CT molecular complexity index is 992. The van der Waals surface area contributed by atoms with E-state index in [0.29, 0.717) is 23.8 Å². The summed E-state index contributed by atoms with van der Waals surface area (Å²) in [6, 6.07) is 7.69. The van der Waals surface area contributed by atoms with E-state index in [1.54, 1.807) is 21.3 Å². The molecule has 154 valence electrons. The second-order valence-electron chi connectivity index (χ2n) is 7.75. The zero-order valence-corrected chi connectivity index (χ0v) is 17.0. The van der Waals surface area contributed by atoms with E-state index in [1.165, 1.54) is 0 Å². The van der Waals surface area contributed by atoms with Gasteiger partial charge in [0.05, 0.1) is 14.2 Å². The number of fused-ring (bicyclic) bond motifs is 4. The second-order valence-corrected chi connectivity index (χ2v) is 7.75. The van der Waals surface area contributed by atoms with Crippen LogP contribution in [0, 0.1) is 0 Å². The molecule has 7 heteroatoms. The molecule has 29 heavy (non-hydrogen) atoms. The van der Waals surface area contributed by atoms with E-state index in [4.69, 9.17) is 23.7 Å². The molecule has 2 heterocycles. The van der Waals surface area contributed by atoms with Gasteiger partial charge in [-0.25, -0.2) is 0 Å². The van der Waals surface area contributed by atoms with Crippen molar-refractivity contribution in [1.29, 1.82) is 0 Å². The fourth-order valence-corrected chi connectivity index (χ4v) is 5.33. The Morgan fingerprint density at radius 2 is 1.86 bits per heavy atom. The first-order valence-electron chi connectivity index (χ1n) is 9.68. The predicted octanol–water partition coefficient (Wildman–Crippen LogP) is 2.38. The molecule has 2 N–H and O–H groups in total. The van der Waals surface area contributed by atoms with E-state index in [2.05, 4.69) is 5.32 Å². The molecule has 0 amide bonds. The van der Waals surface area contributed by atoms with Crippen LogP contribution in [0.3, 0.4) is 0 Å². The fraction of sp³-hybridized carbons (Fsp3) is 0.455. The Morgan fingerprint density at radius 3 is 2.55 bits per heavy atom. The van der Waals surface area contributed by atoms with Gasteiger partial charge in [-0.3, -0.25) is 0 Å². The average Bonchev–Trinajstić information content (AvgIpc) is 3.28. The SMILES string of the molecule is COc1ccc2c(c1OC)[C@@](C)(OC)[C@@]1(NCCc3cc4c(cc31)OCO4)[C@H]2O. The van der Waals surface area contributed by atoms with Crippen LogP contribution in [0.5, 0.6) is 23.0 Å². The minimum atomic E-state index is -0.926. The van der Waals surface area contributed by atoms with Crippen LogP contribution in [0.1, 0.15) is 35.3 Å². The van der Waals surface area contributed by atoms with Crippen molar-refractivity contribution in [3.8, 4) is 23.0 Å². The normalized spacial score (nSPS) is 28.9. The molecule has 0 bridgehead atoms. The lowest BCUT2D eigenvalue weighted by atomic mass is 9.70. The molecular weight excluding hydrogens is 374 g/mol. The number of methoxy groups -OCH3 is 3. The molecule has 3 aliphatic rings. The maximum absolute atomic E-state index is 11.7. The lowest BCUT2D eigenvalue weighted by Crippen LogP contribution is -2.60. The lowest BCUT2D eigenvalue weighted by Gasteiger charge is -2.49. The van der Waals surface area contributed by atoms with Gasteiger partial charge in [0.25, 0.3) is 0 Å². The zero-order valence-electron chi connectivity index (χ0n) is 17.0. The molecule has 0 saturated heterocycles. The zero-order chi connectivity index (χ0) is 20.4. The topological polar surface area (TPSA) is 78.4 Å². The van der Waals surface area contributed by atoms with Crippen molar-refractivity contribution in [2.75, 3.05) is 34.7 Å². The van der Waals surface area contributed by atoms with Gasteiger partial charge >= 0.3 is 0 Å². The van der Waals surface area contributed by atoms with Gasteiger partial charge in [0.1, 0.15) is 17.2 Å². The van der Waals surface area contributed by atoms with Crippen molar-refractivity contribution in [2.45, 2.75) is 30.6 Å². The van der Waals surface area contributed by atoms with Crippen LogP contribution in [-0.4, -0.2) is 39.8 Å². The number of hydrogen-bond acceptors (Lipinski definition) is 7. The molecule has 7 nitrogen and oxygen atoms in total. The van der Waals surface area contributed by atoms with Crippen molar-refractivity contribution in [1.82, 2.24) is 5.32 Å². The van der Waals surface area contributed by atoms with E-state index in [-0.39, 0.29) is 6.79 Å². The fourth-order valence-electron chi connectivity index (χ4n) is 5.33. The van der Waals surface area contributed by atoms with Crippen molar-refractivity contribution in [3.63, 3.8) is 0 Å². The Kier molecular flexibility index (Phi) is 4.00. The molecule has 0 radical (unpaired) electrons. The molecule has 3 atom stereocenters. The maximum atomic E-state index is 11.7. The predicted molar refractivity (Wildman–Crippen MR) is 105 cm³/mol. The van der Waals surface area contributed by atoms with Crippen molar-refractivity contribution in [2.24, 2.45) is 0 Å². The number of aliphatic hydroxyl groups is 1. The third kappa shape index (κ3) is 2.12. The van der Waals surface area contributed by atoms with Crippen LogP contribution in [0.2, 0.25) is 0 Å². The van der Waals surface area contributed by atoms with Gasteiger partial charge in [0, 0.05) is 19.2 Å².